The zero-order valence-electron chi connectivity index (χ0n) is 23.0. The molecule has 10 heteroatoms. The van der Waals surface area contributed by atoms with Crippen LogP contribution in [-0.2, 0) is 23.8 Å². The Labute approximate surface area is 227 Å². The van der Waals surface area contributed by atoms with E-state index in [0.29, 0.717) is 12.8 Å². The lowest BCUT2D eigenvalue weighted by Gasteiger charge is -2.62. The Morgan fingerprint density at radius 3 is 2.51 bits per heavy atom. The van der Waals surface area contributed by atoms with Crippen molar-refractivity contribution >= 4 is 17.9 Å². The number of aliphatic hydroxyl groups is 1. The Bertz CT molecular complexity index is 1140. The molecule has 8 nitrogen and oxygen atoms in total. The number of allylic oxidation sites excluding steroid dienone is 4. The first-order valence-corrected chi connectivity index (χ1v) is 13.7. The van der Waals surface area contributed by atoms with Crippen molar-refractivity contribution < 1.29 is 42.5 Å². The molecule has 39 heavy (non-hydrogen) atoms. The molecule has 214 valence electrons. The Morgan fingerprint density at radius 2 is 1.90 bits per heavy atom. The molecule has 0 aromatic rings. The zero-order chi connectivity index (χ0) is 29.0. The molecule has 0 aliphatic heterocycles. The summed E-state index contributed by atoms with van der Waals surface area (Å²) in [7, 11) is 0. The molecule has 0 spiro atoms. The lowest BCUT2D eigenvalue weighted by Crippen LogP contribution is -2.71. The van der Waals surface area contributed by atoms with Gasteiger partial charge in [-0.25, -0.2) is 18.4 Å². The summed E-state index contributed by atoms with van der Waals surface area (Å²) in [6.07, 6.45) is -0.692. The van der Waals surface area contributed by atoms with Crippen molar-refractivity contribution in [3.05, 3.63) is 23.8 Å². The van der Waals surface area contributed by atoms with Gasteiger partial charge in [-0.1, -0.05) is 33.8 Å². The van der Waals surface area contributed by atoms with Crippen molar-refractivity contribution in [1.29, 1.82) is 5.26 Å². The molecule has 0 heterocycles. The summed E-state index contributed by atoms with van der Waals surface area (Å²) < 4.78 is 49.7. The highest BCUT2D eigenvalue weighted by Gasteiger charge is 2.79. The Hall–Kier alpha value is -2.80. The van der Waals surface area contributed by atoms with E-state index < -0.39 is 82.7 Å². The Balaban J connectivity index is 1.82. The number of rotatable bonds is 6. The molecule has 3 fully saturated rings. The SMILES string of the molecule is CCC(CC)OC(=O)O[C@@]1(C(=O)OCC#N)[C@H](C)C[C@H]2[C@@H]3C[C@H](F)C4=CC(=O)C=C[C@]4(C)C3(F)[C@@H](O)C[C@@]21C. The second kappa shape index (κ2) is 9.99. The fourth-order valence-corrected chi connectivity index (χ4v) is 8.17. The van der Waals surface area contributed by atoms with Gasteiger partial charge in [-0.15, -0.1) is 0 Å². The summed E-state index contributed by atoms with van der Waals surface area (Å²) in [4.78, 5) is 38.8. The summed E-state index contributed by atoms with van der Waals surface area (Å²) in [5.74, 6) is -3.94. The highest BCUT2D eigenvalue weighted by molar-refractivity contribution is 6.01. The molecule has 4 aliphatic rings. The normalized spacial score (nSPS) is 42.5. The van der Waals surface area contributed by atoms with E-state index in [1.54, 1.807) is 19.9 Å². The standard InChI is InChI=1S/C29H37F2NO7/c1-6-18(7-2)38-25(36)39-29(24(35)37-11-10-32)16(3)12-19-20-14-22(30)21-13-17(33)8-9-26(21,4)28(20,31)23(34)15-27(19,29)5/h8-9,13,16,18-20,22-23,34H,6-7,11-12,14-15H2,1-5H3/t16-,19+,20+,22+,23+,26+,27+,28?,29-/m1/s1. The maximum Gasteiger partial charge on any atom is 0.509 e. The molecule has 3 saturated carbocycles. The van der Waals surface area contributed by atoms with Crippen LogP contribution in [0, 0.1) is 39.9 Å². The molecule has 9 atom stereocenters. The van der Waals surface area contributed by atoms with E-state index in [1.165, 1.54) is 19.1 Å². The van der Waals surface area contributed by atoms with Crippen molar-refractivity contribution in [1.82, 2.24) is 0 Å². The van der Waals surface area contributed by atoms with Crippen LogP contribution in [0.15, 0.2) is 23.8 Å². The number of hydrogen-bond donors (Lipinski definition) is 1. The maximum absolute atomic E-state index is 17.4. The van der Waals surface area contributed by atoms with Gasteiger partial charge >= 0.3 is 12.1 Å². The molecule has 4 aliphatic carbocycles. The van der Waals surface area contributed by atoms with Gasteiger partial charge in [0.2, 0.25) is 5.60 Å². The van der Waals surface area contributed by atoms with Gasteiger partial charge in [-0.3, -0.25) is 4.79 Å². The van der Waals surface area contributed by atoms with E-state index in [9.17, 15) is 19.5 Å². The number of nitrogens with zero attached hydrogens (tertiary/aromatic N) is 1. The average Bonchev–Trinajstić information content (AvgIpc) is 3.10. The van der Waals surface area contributed by atoms with Crippen molar-refractivity contribution in [3.63, 3.8) is 0 Å². The topological polar surface area (TPSA) is 123 Å². The second-order valence-electron chi connectivity index (χ2n) is 11.9. The molecular formula is C29H37F2NO7. The lowest BCUT2D eigenvalue weighted by molar-refractivity contribution is -0.233. The van der Waals surface area contributed by atoms with Crippen LogP contribution in [0.5, 0.6) is 0 Å². The highest BCUT2D eigenvalue weighted by atomic mass is 19.1. The number of aliphatic hydroxyl groups excluding tert-OH is 1. The van der Waals surface area contributed by atoms with Gasteiger partial charge < -0.3 is 19.3 Å². The van der Waals surface area contributed by atoms with Crippen LogP contribution >= 0.6 is 0 Å². The second-order valence-corrected chi connectivity index (χ2v) is 11.9. The van der Waals surface area contributed by atoms with E-state index in [1.807, 2.05) is 13.8 Å². The van der Waals surface area contributed by atoms with Gasteiger partial charge in [-0.2, -0.15) is 5.26 Å². The number of ketones is 1. The molecule has 0 amide bonds. The van der Waals surface area contributed by atoms with Gasteiger partial charge in [0.25, 0.3) is 0 Å². The highest BCUT2D eigenvalue weighted by Crippen LogP contribution is 2.71. The van der Waals surface area contributed by atoms with Gasteiger partial charge in [0.15, 0.2) is 18.1 Å². The van der Waals surface area contributed by atoms with Crippen molar-refractivity contribution in [2.75, 3.05) is 6.61 Å². The van der Waals surface area contributed by atoms with E-state index in [0.717, 1.165) is 6.08 Å². The first-order chi connectivity index (χ1) is 18.3. The van der Waals surface area contributed by atoms with Crippen molar-refractivity contribution in [2.24, 2.45) is 28.6 Å². The van der Waals surface area contributed by atoms with Crippen LogP contribution < -0.4 is 0 Å². The summed E-state index contributed by atoms with van der Waals surface area (Å²) in [5, 5.41) is 20.6. The lowest BCUT2D eigenvalue weighted by atomic mass is 9.44. The first-order valence-electron chi connectivity index (χ1n) is 13.7. The van der Waals surface area contributed by atoms with Gasteiger partial charge in [0.05, 0.1) is 6.10 Å². The predicted molar refractivity (Wildman–Crippen MR) is 134 cm³/mol. The monoisotopic (exact) mass is 549 g/mol. The van der Waals surface area contributed by atoms with Crippen LogP contribution in [-0.4, -0.2) is 59.3 Å². The third kappa shape index (κ3) is 3.94. The molecule has 1 N–H and O–H groups in total. The minimum Gasteiger partial charge on any atom is -0.447 e. The maximum atomic E-state index is 17.4. The number of hydrogen-bond acceptors (Lipinski definition) is 8. The predicted octanol–water partition coefficient (Wildman–Crippen LogP) is 4.70. The summed E-state index contributed by atoms with van der Waals surface area (Å²) in [6.45, 7) is 7.84. The smallest absolute Gasteiger partial charge is 0.447 e. The molecule has 0 bridgehead atoms. The third-order valence-corrected chi connectivity index (χ3v) is 10.2. The van der Waals surface area contributed by atoms with Crippen LogP contribution in [0.2, 0.25) is 0 Å². The van der Waals surface area contributed by atoms with Gasteiger partial charge in [0.1, 0.15) is 18.3 Å². The number of carbonyl (C=O) groups excluding carboxylic acids is 3. The van der Waals surface area contributed by atoms with Gasteiger partial charge in [-0.05, 0) is 62.7 Å². The van der Waals surface area contributed by atoms with Crippen LogP contribution in [0.4, 0.5) is 13.6 Å². The number of ether oxygens (including phenoxy) is 3. The molecule has 0 saturated heterocycles. The number of fused-ring (bicyclic) bond motifs is 5. The Morgan fingerprint density at radius 1 is 1.23 bits per heavy atom. The van der Waals surface area contributed by atoms with Crippen LogP contribution in [0.25, 0.3) is 0 Å². The fraction of sp³-hybridized carbons (Fsp3) is 0.724. The molecule has 0 aromatic carbocycles. The summed E-state index contributed by atoms with van der Waals surface area (Å²) in [6, 6.07) is 1.73. The number of carbonyl (C=O) groups is 3. The largest absolute Gasteiger partial charge is 0.509 e. The quantitative estimate of drug-likeness (QED) is 0.473. The van der Waals surface area contributed by atoms with E-state index >= 15 is 8.78 Å². The molecule has 1 unspecified atom stereocenters. The number of halogens is 2. The minimum absolute atomic E-state index is 0.00728. The summed E-state index contributed by atoms with van der Waals surface area (Å²) in [5.41, 5.74) is -7.34. The van der Waals surface area contributed by atoms with Crippen LogP contribution in [0.3, 0.4) is 0 Å². The van der Waals surface area contributed by atoms with Crippen molar-refractivity contribution in [2.45, 2.75) is 96.4 Å². The average molecular weight is 550 g/mol. The fourth-order valence-electron chi connectivity index (χ4n) is 8.17. The molecule has 0 aromatic heterocycles. The summed E-state index contributed by atoms with van der Waals surface area (Å²) >= 11 is 0. The number of alkyl halides is 2. The Kier molecular flexibility index (Phi) is 7.48. The van der Waals surface area contributed by atoms with Gasteiger partial charge in [0, 0.05) is 22.7 Å². The van der Waals surface area contributed by atoms with E-state index in [4.69, 9.17) is 19.5 Å². The number of esters is 1. The van der Waals surface area contributed by atoms with Crippen LogP contribution in [0.1, 0.15) is 66.7 Å². The molecular weight excluding hydrogens is 512 g/mol. The van der Waals surface area contributed by atoms with E-state index in [-0.39, 0.29) is 24.8 Å². The van der Waals surface area contributed by atoms with Crippen molar-refractivity contribution in [3.8, 4) is 6.07 Å². The third-order valence-electron chi connectivity index (χ3n) is 10.2. The molecule has 0 radical (unpaired) electrons. The zero-order valence-corrected chi connectivity index (χ0v) is 23.0. The molecule has 4 rings (SSSR count). The number of nitriles is 1. The first kappa shape index (κ1) is 29.2. The van der Waals surface area contributed by atoms with E-state index in [2.05, 4.69) is 0 Å². The minimum atomic E-state index is -2.36.